The van der Waals surface area contributed by atoms with Crippen LogP contribution in [0.5, 0.6) is 23.0 Å². The van der Waals surface area contributed by atoms with Gasteiger partial charge in [-0.05, 0) is 45.4 Å². The third-order valence-electron chi connectivity index (χ3n) is 4.90. The quantitative estimate of drug-likeness (QED) is 0.463. The highest BCUT2D eigenvalue weighted by Crippen LogP contribution is 2.48. The topological polar surface area (TPSA) is 106 Å². The van der Waals surface area contributed by atoms with Crippen LogP contribution in [0.3, 0.4) is 0 Å². The summed E-state index contributed by atoms with van der Waals surface area (Å²) < 4.78 is 6.22. The SMILES string of the molecule is CNC1(NC)CC(NC)(c2ccc(O)cc2O)Oc2cc(O)ccc21. The number of rotatable bonds is 4. The van der Waals surface area contributed by atoms with Crippen LogP contribution >= 0.6 is 0 Å². The number of hydrogen-bond acceptors (Lipinski definition) is 7. The van der Waals surface area contributed by atoms with Crippen LogP contribution in [0, 0.1) is 0 Å². The molecule has 0 bridgehead atoms. The van der Waals surface area contributed by atoms with Crippen LogP contribution < -0.4 is 20.7 Å². The Bertz CT molecular complexity index is 792. The Morgan fingerprint density at radius 1 is 0.840 bits per heavy atom. The predicted molar refractivity (Wildman–Crippen MR) is 93.7 cm³/mol. The summed E-state index contributed by atoms with van der Waals surface area (Å²) in [7, 11) is 5.39. The standard InChI is InChI=1S/C18H23N3O4/c1-19-17(20-2)10-18(21-3,13-6-4-11(22)8-15(13)24)25-16-9-12(23)5-7-14(16)17/h4-9,19-24H,10H2,1-3H3. The van der Waals surface area contributed by atoms with Crippen molar-refractivity contribution in [3.8, 4) is 23.0 Å². The van der Waals surface area contributed by atoms with Crippen molar-refractivity contribution in [3.05, 3.63) is 47.5 Å². The van der Waals surface area contributed by atoms with E-state index in [0.29, 0.717) is 17.7 Å². The van der Waals surface area contributed by atoms with Crippen molar-refractivity contribution in [1.29, 1.82) is 0 Å². The molecule has 2 aromatic rings. The molecular formula is C18H23N3O4. The third kappa shape index (κ3) is 2.66. The largest absolute Gasteiger partial charge is 0.508 e. The first kappa shape index (κ1) is 17.3. The molecule has 3 rings (SSSR count). The highest BCUT2D eigenvalue weighted by Gasteiger charge is 2.50. The van der Waals surface area contributed by atoms with E-state index in [9.17, 15) is 15.3 Å². The summed E-state index contributed by atoms with van der Waals surface area (Å²) in [6, 6.07) is 9.34. The predicted octanol–water partition coefficient (Wildman–Crippen LogP) is 1.25. The van der Waals surface area contributed by atoms with Crippen LogP contribution in [0.15, 0.2) is 36.4 Å². The molecule has 0 aromatic heterocycles. The van der Waals surface area contributed by atoms with Gasteiger partial charge in [0.25, 0.3) is 0 Å². The van der Waals surface area contributed by atoms with Gasteiger partial charge in [-0.1, -0.05) is 0 Å². The second-order valence-electron chi connectivity index (χ2n) is 6.14. The molecule has 0 spiro atoms. The molecule has 2 aromatic carbocycles. The van der Waals surface area contributed by atoms with Gasteiger partial charge in [-0.25, -0.2) is 0 Å². The van der Waals surface area contributed by atoms with Crippen molar-refractivity contribution in [1.82, 2.24) is 16.0 Å². The van der Waals surface area contributed by atoms with Crippen LogP contribution in [-0.4, -0.2) is 36.5 Å². The van der Waals surface area contributed by atoms with Crippen LogP contribution in [-0.2, 0) is 11.4 Å². The first-order valence-electron chi connectivity index (χ1n) is 8.01. The summed E-state index contributed by atoms with van der Waals surface area (Å²) >= 11 is 0. The van der Waals surface area contributed by atoms with Gasteiger partial charge in [-0.2, -0.15) is 0 Å². The van der Waals surface area contributed by atoms with Gasteiger partial charge in [-0.3, -0.25) is 16.0 Å². The van der Waals surface area contributed by atoms with Gasteiger partial charge in [0.1, 0.15) is 28.7 Å². The third-order valence-corrected chi connectivity index (χ3v) is 4.90. The first-order valence-corrected chi connectivity index (χ1v) is 8.01. The highest BCUT2D eigenvalue weighted by atomic mass is 16.5. The van der Waals surface area contributed by atoms with Crippen LogP contribution in [0.25, 0.3) is 0 Å². The van der Waals surface area contributed by atoms with Gasteiger partial charge in [0.05, 0.1) is 5.56 Å². The van der Waals surface area contributed by atoms with Gasteiger partial charge in [-0.15, -0.1) is 0 Å². The molecule has 7 nitrogen and oxygen atoms in total. The molecule has 0 fully saturated rings. The lowest BCUT2D eigenvalue weighted by Crippen LogP contribution is -2.62. The van der Waals surface area contributed by atoms with E-state index in [1.807, 2.05) is 14.1 Å². The summed E-state index contributed by atoms with van der Waals surface area (Å²) in [5.74, 6) is 0.451. The zero-order valence-corrected chi connectivity index (χ0v) is 14.4. The van der Waals surface area contributed by atoms with E-state index in [0.717, 1.165) is 5.56 Å². The van der Waals surface area contributed by atoms with Gasteiger partial charge in [0.15, 0.2) is 5.72 Å². The average Bonchev–Trinajstić information content (AvgIpc) is 2.60. The van der Waals surface area contributed by atoms with Crippen molar-refractivity contribution < 1.29 is 20.1 Å². The maximum Gasteiger partial charge on any atom is 0.193 e. The van der Waals surface area contributed by atoms with E-state index in [2.05, 4.69) is 16.0 Å². The maximum absolute atomic E-state index is 10.4. The van der Waals surface area contributed by atoms with Gasteiger partial charge in [0, 0.05) is 24.1 Å². The fourth-order valence-electron chi connectivity index (χ4n) is 3.50. The van der Waals surface area contributed by atoms with Crippen molar-refractivity contribution in [2.45, 2.75) is 17.8 Å². The Hall–Kier alpha value is -2.48. The number of nitrogens with one attached hydrogen (secondary N) is 3. The van der Waals surface area contributed by atoms with E-state index in [4.69, 9.17) is 4.74 Å². The monoisotopic (exact) mass is 345 g/mol. The molecule has 0 saturated heterocycles. The molecule has 0 amide bonds. The number of benzene rings is 2. The molecule has 25 heavy (non-hydrogen) atoms. The van der Waals surface area contributed by atoms with Crippen molar-refractivity contribution in [3.63, 3.8) is 0 Å². The molecule has 0 saturated carbocycles. The molecule has 1 unspecified atom stereocenters. The first-order chi connectivity index (χ1) is 11.9. The zero-order valence-electron chi connectivity index (χ0n) is 14.4. The van der Waals surface area contributed by atoms with E-state index in [-0.39, 0.29) is 17.2 Å². The fourth-order valence-corrected chi connectivity index (χ4v) is 3.50. The van der Waals surface area contributed by atoms with Gasteiger partial charge >= 0.3 is 0 Å². The number of aromatic hydroxyl groups is 3. The number of phenols is 3. The minimum absolute atomic E-state index is 0.0325. The molecule has 1 atom stereocenters. The number of phenolic OH excluding ortho intramolecular Hbond substituents is 3. The minimum atomic E-state index is -1.08. The molecule has 1 heterocycles. The summed E-state index contributed by atoms with van der Waals surface area (Å²) in [4.78, 5) is 0. The molecule has 1 aliphatic rings. The second kappa shape index (κ2) is 6.11. The zero-order chi connectivity index (χ0) is 18.2. The maximum atomic E-state index is 10.4. The normalized spacial score (nSPS) is 21.4. The number of ether oxygens (including phenoxy) is 1. The average molecular weight is 345 g/mol. The summed E-state index contributed by atoms with van der Waals surface area (Å²) in [6.45, 7) is 0. The lowest BCUT2D eigenvalue weighted by atomic mass is 9.82. The molecular weight excluding hydrogens is 322 g/mol. The Balaban J connectivity index is 2.22. The Labute approximate surface area is 146 Å². The lowest BCUT2D eigenvalue weighted by Gasteiger charge is -2.48. The van der Waals surface area contributed by atoms with Gasteiger partial charge in [0.2, 0.25) is 0 Å². The molecule has 7 heteroatoms. The molecule has 0 aliphatic carbocycles. The van der Waals surface area contributed by atoms with E-state index in [1.165, 1.54) is 12.1 Å². The second-order valence-corrected chi connectivity index (χ2v) is 6.14. The van der Waals surface area contributed by atoms with Crippen LogP contribution in [0.1, 0.15) is 17.5 Å². The number of hydrogen-bond donors (Lipinski definition) is 6. The summed E-state index contributed by atoms with van der Waals surface area (Å²) in [5, 5.41) is 39.6. The number of fused-ring (bicyclic) bond motifs is 1. The Morgan fingerprint density at radius 2 is 1.44 bits per heavy atom. The van der Waals surface area contributed by atoms with Crippen LogP contribution in [0.2, 0.25) is 0 Å². The molecule has 134 valence electrons. The molecule has 1 aliphatic heterocycles. The van der Waals surface area contributed by atoms with E-state index >= 15 is 0 Å². The molecule has 6 N–H and O–H groups in total. The lowest BCUT2D eigenvalue weighted by molar-refractivity contribution is -0.0331. The van der Waals surface area contributed by atoms with E-state index in [1.54, 1.807) is 31.3 Å². The Morgan fingerprint density at radius 3 is 2.00 bits per heavy atom. The highest BCUT2D eigenvalue weighted by molar-refractivity contribution is 5.50. The Kier molecular flexibility index (Phi) is 4.24. The van der Waals surface area contributed by atoms with Gasteiger partial charge < -0.3 is 20.1 Å². The van der Waals surface area contributed by atoms with Crippen molar-refractivity contribution in [2.24, 2.45) is 0 Å². The minimum Gasteiger partial charge on any atom is -0.508 e. The van der Waals surface area contributed by atoms with Crippen molar-refractivity contribution in [2.75, 3.05) is 21.1 Å². The summed E-state index contributed by atoms with van der Waals surface area (Å²) in [5.41, 5.74) is -0.407. The van der Waals surface area contributed by atoms with E-state index < -0.39 is 11.4 Å². The smallest absolute Gasteiger partial charge is 0.193 e. The fraction of sp³-hybridized carbons (Fsp3) is 0.333. The van der Waals surface area contributed by atoms with Crippen molar-refractivity contribution >= 4 is 0 Å². The summed E-state index contributed by atoms with van der Waals surface area (Å²) in [6.07, 6.45) is 0.402. The van der Waals surface area contributed by atoms with Crippen LogP contribution in [0.4, 0.5) is 0 Å². The molecule has 0 radical (unpaired) electrons.